The fraction of sp³-hybridized carbons (Fsp3) is 0.130. The molecular weight excluding hydrogens is 416 g/mol. The summed E-state index contributed by atoms with van der Waals surface area (Å²) in [5.74, 6) is 0.342. The van der Waals surface area contributed by atoms with Gasteiger partial charge in [0, 0.05) is 4.47 Å². The average Bonchev–Trinajstić information content (AvgIpc) is 2.73. The molecule has 3 aromatic rings. The molecule has 0 spiro atoms. The van der Waals surface area contributed by atoms with Crippen molar-refractivity contribution < 1.29 is 9.53 Å². The molecule has 1 amide bonds. The van der Waals surface area contributed by atoms with Crippen molar-refractivity contribution in [2.45, 2.75) is 13.8 Å². The van der Waals surface area contributed by atoms with E-state index in [1.54, 1.807) is 0 Å². The summed E-state index contributed by atoms with van der Waals surface area (Å²) in [6, 6.07) is 23.8. The van der Waals surface area contributed by atoms with E-state index in [4.69, 9.17) is 4.74 Å². The van der Waals surface area contributed by atoms with Gasteiger partial charge in [-0.05, 0) is 54.3 Å². The Hall–Kier alpha value is -2.92. The van der Waals surface area contributed by atoms with Crippen molar-refractivity contribution >= 4 is 27.5 Å². The molecule has 28 heavy (non-hydrogen) atoms. The second kappa shape index (κ2) is 9.33. The van der Waals surface area contributed by atoms with Crippen molar-refractivity contribution in [2.24, 2.45) is 5.10 Å². The van der Waals surface area contributed by atoms with Crippen molar-refractivity contribution in [1.82, 2.24) is 5.43 Å². The van der Waals surface area contributed by atoms with Crippen molar-refractivity contribution in [3.8, 4) is 16.9 Å². The van der Waals surface area contributed by atoms with Crippen LogP contribution in [0.25, 0.3) is 11.1 Å². The van der Waals surface area contributed by atoms with Crippen molar-refractivity contribution in [2.75, 3.05) is 6.61 Å². The minimum Gasteiger partial charge on any atom is -0.484 e. The lowest BCUT2D eigenvalue weighted by Gasteiger charge is -2.08. The summed E-state index contributed by atoms with van der Waals surface area (Å²) >= 11 is 3.44. The number of rotatable bonds is 6. The van der Waals surface area contributed by atoms with E-state index in [2.05, 4.69) is 38.6 Å². The molecular formula is C23H21BrN2O2. The summed E-state index contributed by atoms with van der Waals surface area (Å²) in [7, 11) is 0. The molecule has 0 atom stereocenters. The Bertz CT molecular complexity index is 983. The molecule has 0 aliphatic rings. The Kier molecular flexibility index (Phi) is 6.61. The number of nitrogens with zero attached hydrogens (tertiary/aromatic N) is 1. The van der Waals surface area contributed by atoms with Gasteiger partial charge in [-0.25, -0.2) is 5.43 Å². The smallest absolute Gasteiger partial charge is 0.277 e. The molecule has 0 bridgehead atoms. The third-order valence-corrected chi connectivity index (χ3v) is 5.15. The molecule has 0 heterocycles. The van der Waals surface area contributed by atoms with Gasteiger partial charge in [-0.1, -0.05) is 70.5 Å². The van der Waals surface area contributed by atoms with E-state index in [0.717, 1.165) is 32.4 Å². The lowest BCUT2D eigenvalue weighted by atomic mass is 10.0. The van der Waals surface area contributed by atoms with Crippen molar-refractivity contribution in [3.63, 3.8) is 0 Å². The molecule has 0 fully saturated rings. The number of amides is 1. The highest BCUT2D eigenvalue weighted by molar-refractivity contribution is 9.10. The predicted molar refractivity (Wildman–Crippen MR) is 117 cm³/mol. The number of halogens is 1. The van der Waals surface area contributed by atoms with E-state index in [-0.39, 0.29) is 12.5 Å². The highest BCUT2D eigenvalue weighted by atomic mass is 79.9. The highest BCUT2D eigenvalue weighted by Gasteiger charge is 2.05. The first-order valence-electron chi connectivity index (χ1n) is 8.91. The molecule has 0 aliphatic heterocycles. The maximum atomic E-state index is 12.0. The average molecular weight is 437 g/mol. The zero-order valence-electron chi connectivity index (χ0n) is 15.8. The number of nitrogens with one attached hydrogen (secondary N) is 1. The molecule has 0 radical (unpaired) electrons. The van der Waals surface area contributed by atoms with Crippen LogP contribution in [0.15, 0.2) is 82.4 Å². The monoisotopic (exact) mass is 436 g/mol. The molecule has 5 heteroatoms. The summed E-state index contributed by atoms with van der Waals surface area (Å²) in [5, 5.41) is 4.17. The number of ether oxygens (including phenoxy) is 1. The fourth-order valence-electron chi connectivity index (χ4n) is 2.63. The zero-order valence-corrected chi connectivity index (χ0v) is 17.4. The Labute approximate surface area is 173 Å². The number of benzene rings is 3. The normalized spacial score (nSPS) is 11.2. The number of hydrogen-bond donors (Lipinski definition) is 1. The SMILES string of the molecule is C/C(=N\NC(=O)COc1ccc(Br)c(C)c1)c1ccc(-c2ccccc2)cc1. The summed E-state index contributed by atoms with van der Waals surface area (Å²) in [5.41, 5.74) is 7.57. The largest absolute Gasteiger partial charge is 0.484 e. The van der Waals surface area contributed by atoms with Crippen LogP contribution < -0.4 is 10.2 Å². The van der Waals surface area contributed by atoms with Gasteiger partial charge in [0.2, 0.25) is 0 Å². The number of aryl methyl sites for hydroxylation is 1. The summed E-state index contributed by atoms with van der Waals surface area (Å²) in [6.45, 7) is 3.73. The zero-order chi connectivity index (χ0) is 19.9. The van der Waals surface area contributed by atoms with Gasteiger partial charge in [0.05, 0.1) is 5.71 Å². The van der Waals surface area contributed by atoms with E-state index < -0.39 is 0 Å². The van der Waals surface area contributed by atoms with E-state index in [0.29, 0.717) is 5.75 Å². The molecule has 1 N–H and O–H groups in total. The lowest BCUT2D eigenvalue weighted by molar-refractivity contribution is -0.123. The van der Waals surface area contributed by atoms with E-state index >= 15 is 0 Å². The molecule has 4 nitrogen and oxygen atoms in total. The minimum absolute atomic E-state index is 0.0925. The summed E-state index contributed by atoms with van der Waals surface area (Å²) in [4.78, 5) is 12.0. The van der Waals surface area contributed by atoms with Gasteiger partial charge < -0.3 is 4.74 Å². The second-order valence-electron chi connectivity index (χ2n) is 6.38. The second-order valence-corrected chi connectivity index (χ2v) is 7.23. The number of hydrogen-bond acceptors (Lipinski definition) is 3. The molecule has 0 unspecified atom stereocenters. The van der Waals surface area contributed by atoms with Gasteiger partial charge in [0.25, 0.3) is 5.91 Å². The van der Waals surface area contributed by atoms with Crippen LogP contribution in [0.3, 0.4) is 0 Å². The van der Waals surface area contributed by atoms with E-state index in [9.17, 15) is 4.79 Å². The van der Waals surface area contributed by atoms with Crippen LogP contribution in [0.5, 0.6) is 5.75 Å². The first-order valence-corrected chi connectivity index (χ1v) is 9.70. The fourth-order valence-corrected chi connectivity index (χ4v) is 2.88. The molecule has 142 valence electrons. The molecule has 0 aromatic heterocycles. The maximum Gasteiger partial charge on any atom is 0.277 e. The van der Waals surface area contributed by atoms with Crippen LogP contribution in [0, 0.1) is 6.92 Å². The Morgan fingerprint density at radius 3 is 2.36 bits per heavy atom. The number of carbonyl (C=O) groups is 1. The first-order chi connectivity index (χ1) is 13.5. The lowest BCUT2D eigenvalue weighted by Crippen LogP contribution is -2.25. The van der Waals surface area contributed by atoms with Crippen LogP contribution >= 0.6 is 15.9 Å². The molecule has 3 rings (SSSR count). The third-order valence-electron chi connectivity index (χ3n) is 4.26. The number of carbonyl (C=O) groups excluding carboxylic acids is 1. The van der Waals surface area contributed by atoms with Gasteiger partial charge in [-0.2, -0.15) is 5.10 Å². The van der Waals surface area contributed by atoms with Crippen molar-refractivity contribution in [3.05, 3.63) is 88.4 Å². The third kappa shape index (κ3) is 5.30. The van der Waals surface area contributed by atoms with Crippen LogP contribution in [-0.4, -0.2) is 18.2 Å². The van der Waals surface area contributed by atoms with Crippen LogP contribution in [0.1, 0.15) is 18.1 Å². The Morgan fingerprint density at radius 2 is 1.68 bits per heavy atom. The summed E-state index contributed by atoms with van der Waals surface area (Å²) in [6.07, 6.45) is 0. The Balaban J connectivity index is 1.56. The van der Waals surface area contributed by atoms with Crippen molar-refractivity contribution in [1.29, 1.82) is 0 Å². The van der Waals surface area contributed by atoms with Crippen LogP contribution in [0.4, 0.5) is 0 Å². The van der Waals surface area contributed by atoms with Crippen LogP contribution in [-0.2, 0) is 4.79 Å². The highest BCUT2D eigenvalue weighted by Crippen LogP contribution is 2.21. The molecule has 0 saturated carbocycles. The predicted octanol–water partition coefficient (Wildman–Crippen LogP) is 5.34. The topological polar surface area (TPSA) is 50.7 Å². The maximum absolute atomic E-state index is 12.0. The van der Waals surface area contributed by atoms with Gasteiger partial charge in [-0.3, -0.25) is 4.79 Å². The van der Waals surface area contributed by atoms with Crippen LogP contribution in [0.2, 0.25) is 0 Å². The standard InChI is InChI=1S/C23H21BrN2O2/c1-16-14-21(12-13-22(16)24)28-15-23(27)26-25-17(2)18-8-10-20(11-9-18)19-6-4-3-5-7-19/h3-14H,15H2,1-2H3,(H,26,27)/b25-17+. The van der Waals surface area contributed by atoms with E-state index in [1.807, 2.05) is 74.5 Å². The van der Waals surface area contributed by atoms with Gasteiger partial charge >= 0.3 is 0 Å². The van der Waals surface area contributed by atoms with Gasteiger partial charge in [-0.15, -0.1) is 0 Å². The Morgan fingerprint density at radius 1 is 1.00 bits per heavy atom. The van der Waals surface area contributed by atoms with Gasteiger partial charge in [0.1, 0.15) is 5.75 Å². The molecule has 3 aromatic carbocycles. The summed E-state index contributed by atoms with van der Waals surface area (Å²) < 4.78 is 6.51. The molecule has 0 saturated heterocycles. The first kappa shape index (κ1) is 19.8. The molecule has 0 aliphatic carbocycles. The minimum atomic E-state index is -0.305. The van der Waals surface area contributed by atoms with E-state index in [1.165, 1.54) is 0 Å². The quantitative estimate of drug-likeness (QED) is 0.418. The van der Waals surface area contributed by atoms with Gasteiger partial charge in [0.15, 0.2) is 6.61 Å². The number of hydrazone groups is 1.